The Morgan fingerprint density at radius 3 is 0.833 bits per heavy atom. The summed E-state index contributed by atoms with van der Waals surface area (Å²) in [5.41, 5.74) is 0. The molecule has 0 aliphatic heterocycles. The zero-order valence-corrected chi connectivity index (χ0v) is 55.1. The van der Waals surface area contributed by atoms with Crippen molar-refractivity contribution < 1.29 is 15.0 Å². The maximum Gasteiger partial charge on any atom is 0.220 e. The normalized spacial score (nSPS) is 13.7. The van der Waals surface area contributed by atoms with E-state index in [0.29, 0.717) is 6.42 Å². The van der Waals surface area contributed by atoms with Crippen LogP contribution in [0.2, 0.25) is 0 Å². The van der Waals surface area contributed by atoms with E-state index in [0.717, 1.165) is 109 Å². The minimum absolute atomic E-state index is 0.0862. The molecule has 0 heterocycles. The fraction of sp³-hybridized carbons (Fsp3) is 0.662. The van der Waals surface area contributed by atoms with Gasteiger partial charge < -0.3 is 15.5 Å². The molecule has 0 bridgehead atoms. The van der Waals surface area contributed by atoms with Gasteiger partial charge >= 0.3 is 0 Å². The number of allylic oxidation sites excluding steroid dienone is 25. The van der Waals surface area contributed by atoms with Gasteiger partial charge in [0.25, 0.3) is 0 Å². The number of carbonyl (C=O) groups is 1. The second-order valence-electron chi connectivity index (χ2n) is 23.6. The molecule has 0 aromatic carbocycles. The summed E-state index contributed by atoms with van der Waals surface area (Å²) in [5, 5.41) is 23.3. The molecule has 4 heteroatoms. The predicted octanol–water partition coefficient (Wildman–Crippen LogP) is 24.8. The Hall–Kier alpha value is -3.99. The van der Waals surface area contributed by atoms with Gasteiger partial charge in [0.2, 0.25) is 5.91 Å². The van der Waals surface area contributed by atoms with Crippen molar-refractivity contribution in [3.8, 4) is 0 Å². The molecule has 2 atom stereocenters. The molecule has 0 fully saturated rings. The van der Waals surface area contributed by atoms with E-state index in [2.05, 4.69) is 165 Å². The molecule has 84 heavy (non-hydrogen) atoms. The Balaban J connectivity index is 3.61. The zero-order chi connectivity index (χ0) is 60.5. The van der Waals surface area contributed by atoms with Crippen LogP contribution in [0.5, 0.6) is 0 Å². The second kappa shape index (κ2) is 73.3. The second-order valence-corrected chi connectivity index (χ2v) is 23.6. The number of hydrogen-bond acceptors (Lipinski definition) is 3. The number of rotatable bonds is 64. The maximum atomic E-state index is 12.5. The van der Waals surface area contributed by atoms with E-state index in [-0.39, 0.29) is 12.5 Å². The molecule has 0 spiro atoms. The standard InChI is InChI=1S/C80H135NO3/c1-3-5-7-9-11-13-15-17-19-21-23-25-27-29-31-33-35-36-37-38-39-40-41-42-43-44-46-48-50-52-54-56-58-60-62-64-66-68-70-72-74-76-80(84)81-78(77-82)79(83)75-73-71-69-67-65-63-61-59-57-55-53-51-49-47-45-34-32-30-28-26-24-22-20-18-16-14-12-10-8-6-4-2/h5,7,11,13,17,19,23,25,29,31,35-36,38-39,41-42,44,46,50,52,57,59,65,67,73,75,78-79,82-83H,3-4,6,8-10,12,14-16,18,20-22,24,26-28,30,32-34,37,40,43,45,47-49,51,53-56,58,60-64,66,68-72,74,76-77H2,1-2H3,(H,81,84)/b7-5-,13-11-,19-17-,25-23-,31-29-,36-35-,39-38-,42-41-,46-44-,52-50-,59-57+,67-65+,75-73+. The van der Waals surface area contributed by atoms with Gasteiger partial charge in [-0.2, -0.15) is 0 Å². The van der Waals surface area contributed by atoms with Gasteiger partial charge in [-0.3, -0.25) is 4.79 Å². The van der Waals surface area contributed by atoms with Crippen molar-refractivity contribution in [1.82, 2.24) is 5.32 Å². The highest BCUT2D eigenvalue weighted by Crippen LogP contribution is 2.17. The summed E-state index contributed by atoms with van der Waals surface area (Å²) in [6.45, 7) is 4.19. The SMILES string of the molecule is CC/C=C\C/C=C\C/C=C\C/C=C\C/C=C\C/C=C\C/C=C\C/C=C\C/C=C\C/C=C\CCCCCCCCCCCCC(=O)NC(CO)C(O)/C=C/CC/C=C/CC/C=C/CCCCCCCCCCCCCCCCCCCCCCC. The lowest BCUT2D eigenvalue weighted by Crippen LogP contribution is -2.45. The Labute approximate surface area is 522 Å². The van der Waals surface area contributed by atoms with Gasteiger partial charge in [-0.25, -0.2) is 0 Å². The molecule has 0 saturated carbocycles. The quantitative estimate of drug-likeness (QED) is 0.0420. The molecule has 0 aliphatic carbocycles. The number of hydrogen-bond donors (Lipinski definition) is 3. The third kappa shape index (κ3) is 68.8. The van der Waals surface area contributed by atoms with Gasteiger partial charge in [0.05, 0.1) is 18.8 Å². The fourth-order valence-corrected chi connectivity index (χ4v) is 10.1. The Morgan fingerprint density at radius 2 is 0.536 bits per heavy atom. The van der Waals surface area contributed by atoms with Crippen LogP contribution in [0.3, 0.4) is 0 Å². The molecule has 0 aromatic heterocycles. The summed E-state index contributed by atoms with van der Waals surface area (Å²) in [5.74, 6) is -0.0862. The summed E-state index contributed by atoms with van der Waals surface area (Å²) in [6.07, 6.45) is 116. The van der Waals surface area contributed by atoms with Crippen molar-refractivity contribution in [2.75, 3.05) is 6.61 Å². The highest BCUT2D eigenvalue weighted by Gasteiger charge is 2.18. The largest absolute Gasteiger partial charge is 0.394 e. The van der Waals surface area contributed by atoms with Gasteiger partial charge in [0.15, 0.2) is 0 Å². The van der Waals surface area contributed by atoms with Crippen LogP contribution in [-0.2, 0) is 4.79 Å². The first-order chi connectivity index (χ1) is 41.7. The lowest BCUT2D eigenvalue weighted by molar-refractivity contribution is -0.123. The number of carbonyl (C=O) groups excluding carboxylic acids is 1. The molecule has 0 aromatic rings. The molecule has 0 aliphatic rings. The van der Waals surface area contributed by atoms with Crippen molar-refractivity contribution >= 4 is 5.91 Å². The third-order valence-corrected chi connectivity index (χ3v) is 15.5. The van der Waals surface area contributed by atoms with Crippen molar-refractivity contribution in [3.63, 3.8) is 0 Å². The minimum atomic E-state index is -0.885. The number of aliphatic hydroxyl groups excluding tert-OH is 2. The molecule has 0 rings (SSSR count). The lowest BCUT2D eigenvalue weighted by Gasteiger charge is -2.19. The zero-order valence-electron chi connectivity index (χ0n) is 55.1. The predicted molar refractivity (Wildman–Crippen MR) is 377 cm³/mol. The summed E-state index contributed by atoms with van der Waals surface area (Å²) in [7, 11) is 0. The molecule has 4 nitrogen and oxygen atoms in total. The Bertz CT molecular complexity index is 1750. The van der Waals surface area contributed by atoms with Crippen molar-refractivity contribution in [2.24, 2.45) is 0 Å². The monoisotopic (exact) mass is 1160 g/mol. The molecule has 0 saturated heterocycles. The molecule has 3 N–H and O–H groups in total. The van der Waals surface area contributed by atoms with Crippen molar-refractivity contribution in [1.29, 1.82) is 0 Å². The summed E-state index contributed by atoms with van der Waals surface area (Å²) in [6, 6.07) is -0.661. The Kier molecular flexibility index (Phi) is 69.8. The third-order valence-electron chi connectivity index (χ3n) is 15.5. The van der Waals surface area contributed by atoms with Gasteiger partial charge in [-0.1, -0.05) is 352 Å². The molecule has 478 valence electrons. The lowest BCUT2D eigenvalue weighted by atomic mass is 10.0. The number of nitrogens with one attached hydrogen (secondary N) is 1. The van der Waals surface area contributed by atoms with Gasteiger partial charge in [-0.15, -0.1) is 0 Å². The van der Waals surface area contributed by atoms with E-state index in [1.807, 2.05) is 6.08 Å². The van der Waals surface area contributed by atoms with Crippen LogP contribution in [0.25, 0.3) is 0 Å². The van der Waals surface area contributed by atoms with E-state index in [9.17, 15) is 15.0 Å². The molecular formula is C80H135NO3. The van der Waals surface area contributed by atoms with Gasteiger partial charge in [0.1, 0.15) is 0 Å². The number of amides is 1. The van der Waals surface area contributed by atoms with Gasteiger partial charge in [0, 0.05) is 6.42 Å². The van der Waals surface area contributed by atoms with Crippen LogP contribution in [0.1, 0.15) is 322 Å². The first-order valence-corrected chi connectivity index (χ1v) is 35.7. The highest BCUT2D eigenvalue weighted by molar-refractivity contribution is 5.76. The van der Waals surface area contributed by atoms with E-state index >= 15 is 0 Å². The van der Waals surface area contributed by atoms with E-state index in [1.165, 1.54) is 193 Å². The van der Waals surface area contributed by atoms with E-state index in [4.69, 9.17) is 0 Å². The van der Waals surface area contributed by atoms with Crippen LogP contribution >= 0.6 is 0 Å². The van der Waals surface area contributed by atoms with E-state index < -0.39 is 12.1 Å². The molecular weight excluding hydrogens is 1020 g/mol. The average molecular weight is 1160 g/mol. The van der Waals surface area contributed by atoms with Crippen LogP contribution in [-0.4, -0.2) is 34.9 Å². The fourth-order valence-electron chi connectivity index (χ4n) is 10.1. The van der Waals surface area contributed by atoms with Crippen molar-refractivity contribution in [3.05, 3.63) is 158 Å². The topological polar surface area (TPSA) is 69.6 Å². The van der Waals surface area contributed by atoms with Gasteiger partial charge in [-0.05, 0) is 122 Å². The van der Waals surface area contributed by atoms with Crippen LogP contribution in [0.4, 0.5) is 0 Å². The number of aliphatic hydroxyl groups is 2. The van der Waals surface area contributed by atoms with Crippen LogP contribution in [0.15, 0.2) is 158 Å². The molecule has 2 unspecified atom stereocenters. The smallest absolute Gasteiger partial charge is 0.220 e. The van der Waals surface area contributed by atoms with E-state index in [1.54, 1.807) is 6.08 Å². The Morgan fingerprint density at radius 1 is 0.298 bits per heavy atom. The van der Waals surface area contributed by atoms with Crippen LogP contribution < -0.4 is 5.32 Å². The number of unbranched alkanes of at least 4 members (excludes halogenated alkanes) is 33. The summed E-state index contributed by atoms with van der Waals surface area (Å²) < 4.78 is 0. The van der Waals surface area contributed by atoms with Crippen molar-refractivity contribution in [2.45, 2.75) is 334 Å². The highest BCUT2D eigenvalue weighted by atomic mass is 16.3. The molecule has 1 amide bonds. The maximum absolute atomic E-state index is 12.5. The first-order valence-electron chi connectivity index (χ1n) is 35.7. The summed E-state index contributed by atoms with van der Waals surface area (Å²) >= 11 is 0. The minimum Gasteiger partial charge on any atom is -0.394 e. The average Bonchev–Trinajstić information content (AvgIpc) is 3.51. The molecule has 0 radical (unpaired) electrons. The summed E-state index contributed by atoms with van der Waals surface area (Å²) in [4.78, 5) is 12.5. The first kappa shape index (κ1) is 80.0. The van der Waals surface area contributed by atoms with Crippen LogP contribution in [0, 0.1) is 0 Å².